The third-order valence-corrected chi connectivity index (χ3v) is 2.99. The van der Waals surface area contributed by atoms with Crippen LogP contribution < -0.4 is 0 Å². The van der Waals surface area contributed by atoms with Gasteiger partial charge in [-0.3, -0.25) is 9.88 Å². The fourth-order valence-electron chi connectivity index (χ4n) is 2.01. The minimum Gasteiger partial charge on any atom is -0.395 e. The van der Waals surface area contributed by atoms with Crippen LogP contribution >= 0.6 is 0 Å². The zero-order chi connectivity index (χ0) is 10.7. The predicted molar refractivity (Wildman–Crippen MR) is 59.5 cm³/mol. The van der Waals surface area contributed by atoms with E-state index < -0.39 is 0 Å². The predicted octanol–water partition coefficient (Wildman–Crippen LogP) is 1.60. The summed E-state index contributed by atoms with van der Waals surface area (Å²) < 4.78 is 0. The van der Waals surface area contributed by atoms with Crippen LogP contribution in [0.1, 0.15) is 31.5 Å². The summed E-state index contributed by atoms with van der Waals surface area (Å²) in [6, 6.07) is 6.98. The summed E-state index contributed by atoms with van der Waals surface area (Å²) in [6.45, 7) is 3.15. The lowest BCUT2D eigenvalue weighted by Gasteiger charge is -2.27. The summed E-state index contributed by atoms with van der Waals surface area (Å²) in [5.41, 5.74) is 1.10. The molecule has 15 heavy (non-hydrogen) atoms. The lowest BCUT2D eigenvalue weighted by Crippen LogP contribution is -2.32. The van der Waals surface area contributed by atoms with Crippen LogP contribution in [0.3, 0.4) is 0 Å². The standard InChI is InChI=1S/C12H18N2O/c1-10(12-4-2-3-7-13-12)14(8-9-15)11-5-6-11/h2-4,7,10-11,15H,5-6,8-9H2,1H3. The van der Waals surface area contributed by atoms with Crippen LogP contribution in [-0.2, 0) is 0 Å². The van der Waals surface area contributed by atoms with Crippen molar-refractivity contribution in [3.63, 3.8) is 0 Å². The maximum absolute atomic E-state index is 9.05. The molecule has 0 bridgehead atoms. The second-order valence-corrected chi connectivity index (χ2v) is 4.12. The summed E-state index contributed by atoms with van der Waals surface area (Å²) in [6.07, 6.45) is 4.35. The molecule has 1 saturated carbocycles. The zero-order valence-electron chi connectivity index (χ0n) is 9.13. The Morgan fingerprint density at radius 1 is 1.53 bits per heavy atom. The van der Waals surface area contributed by atoms with Gasteiger partial charge in [0.2, 0.25) is 0 Å². The third kappa shape index (κ3) is 2.55. The van der Waals surface area contributed by atoms with Gasteiger partial charge in [-0.05, 0) is 31.9 Å². The molecule has 0 aliphatic heterocycles. The minimum atomic E-state index is 0.230. The van der Waals surface area contributed by atoms with E-state index in [1.54, 1.807) is 0 Å². The van der Waals surface area contributed by atoms with E-state index in [9.17, 15) is 0 Å². The van der Waals surface area contributed by atoms with Gasteiger partial charge in [-0.15, -0.1) is 0 Å². The van der Waals surface area contributed by atoms with Gasteiger partial charge >= 0.3 is 0 Å². The Kier molecular flexibility index (Phi) is 3.34. The maximum Gasteiger partial charge on any atom is 0.0572 e. The van der Waals surface area contributed by atoms with Crippen molar-refractivity contribution in [2.24, 2.45) is 0 Å². The van der Waals surface area contributed by atoms with Crippen LogP contribution in [0.2, 0.25) is 0 Å². The number of hydrogen-bond donors (Lipinski definition) is 1. The van der Waals surface area contributed by atoms with Crippen LogP contribution in [0.4, 0.5) is 0 Å². The highest BCUT2D eigenvalue weighted by molar-refractivity contribution is 5.09. The second kappa shape index (κ2) is 4.73. The highest BCUT2D eigenvalue weighted by Crippen LogP contribution is 2.33. The Hall–Kier alpha value is -0.930. The first-order valence-corrected chi connectivity index (χ1v) is 5.60. The molecule has 1 heterocycles. The fourth-order valence-corrected chi connectivity index (χ4v) is 2.01. The first-order valence-electron chi connectivity index (χ1n) is 5.60. The minimum absolute atomic E-state index is 0.230. The second-order valence-electron chi connectivity index (χ2n) is 4.12. The molecule has 0 aromatic carbocycles. The monoisotopic (exact) mass is 206 g/mol. The van der Waals surface area contributed by atoms with Crippen molar-refractivity contribution in [3.05, 3.63) is 30.1 Å². The van der Waals surface area contributed by atoms with E-state index in [1.165, 1.54) is 12.8 Å². The molecular formula is C12H18N2O. The normalized spacial score (nSPS) is 18.1. The van der Waals surface area contributed by atoms with Crippen LogP contribution in [0.15, 0.2) is 24.4 Å². The van der Waals surface area contributed by atoms with E-state index in [1.807, 2.05) is 18.3 Å². The number of rotatable bonds is 5. The first kappa shape index (κ1) is 10.6. The number of hydrogen-bond acceptors (Lipinski definition) is 3. The molecule has 1 unspecified atom stereocenters. The van der Waals surface area contributed by atoms with Crippen LogP contribution in [0.5, 0.6) is 0 Å². The summed E-state index contributed by atoms with van der Waals surface area (Å²) in [5, 5.41) is 9.05. The van der Waals surface area contributed by atoms with Gasteiger partial charge < -0.3 is 5.11 Å². The van der Waals surface area contributed by atoms with Crippen molar-refractivity contribution in [3.8, 4) is 0 Å². The van der Waals surface area contributed by atoms with Gasteiger partial charge in [0, 0.05) is 24.8 Å². The summed E-state index contributed by atoms with van der Waals surface area (Å²) >= 11 is 0. The van der Waals surface area contributed by atoms with Crippen LogP contribution in [-0.4, -0.2) is 34.2 Å². The van der Waals surface area contributed by atoms with Gasteiger partial charge in [0.15, 0.2) is 0 Å². The van der Waals surface area contributed by atoms with Gasteiger partial charge in [-0.25, -0.2) is 0 Å². The van der Waals surface area contributed by atoms with Gasteiger partial charge in [-0.1, -0.05) is 6.07 Å². The highest BCUT2D eigenvalue weighted by Gasteiger charge is 2.32. The summed E-state index contributed by atoms with van der Waals surface area (Å²) in [7, 11) is 0. The molecule has 3 heteroatoms. The molecule has 0 radical (unpaired) electrons. The number of nitrogens with zero attached hydrogens (tertiary/aromatic N) is 2. The van der Waals surface area contributed by atoms with Crippen molar-refractivity contribution in [2.75, 3.05) is 13.2 Å². The molecule has 3 nitrogen and oxygen atoms in total. The van der Waals surface area contributed by atoms with E-state index in [4.69, 9.17) is 5.11 Å². The Morgan fingerprint density at radius 2 is 2.33 bits per heavy atom. The van der Waals surface area contributed by atoms with E-state index in [2.05, 4.69) is 22.9 Å². The van der Waals surface area contributed by atoms with Crippen LogP contribution in [0.25, 0.3) is 0 Å². The lowest BCUT2D eigenvalue weighted by molar-refractivity contribution is 0.148. The molecule has 1 N–H and O–H groups in total. The molecule has 0 amide bonds. The molecule has 1 aliphatic rings. The molecule has 1 atom stereocenters. The molecule has 0 spiro atoms. The molecule has 2 rings (SSSR count). The van der Waals surface area contributed by atoms with E-state index in [0.717, 1.165) is 12.2 Å². The zero-order valence-corrected chi connectivity index (χ0v) is 9.13. The Morgan fingerprint density at radius 3 is 2.87 bits per heavy atom. The molecule has 1 aromatic heterocycles. The van der Waals surface area contributed by atoms with E-state index >= 15 is 0 Å². The third-order valence-electron chi connectivity index (χ3n) is 2.99. The van der Waals surface area contributed by atoms with Crippen molar-refractivity contribution in [1.82, 2.24) is 9.88 Å². The van der Waals surface area contributed by atoms with E-state index in [-0.39, 0.29) is 6.61 Å². The van der Waals surface area contributed by atoms with Gasteiger partial charge in [-0.2, -0.15) is 0 Å². The smallest absolute Gasteiger partial charge is 0.0572 e. The van der Waals surface area contributed by atoms with Gasteiger partial charge in [0.05, 0.1) is 12.3 Å². The molecule has 1 aliphatic carbocycles. The topological polar surface area (TPSA) is 36.4 Å². The number of aliphatic hydroxyl groups is 1. The first-order chi connectivity index (χ1) is 7.33. The molecule has 1 fully saturated rings. The Bertz CT molecular complexity index is 298. The lowest BCUT2D eigenvalue weighted by atomic mass is 10.2. The number of aliphatic hydroxyl groups excluding tert-OH is 1. The van der Waals surface area contributed by atoms with Crippen LogP contribution in [0, 0.1) is 0 Å². The van der Waals surface area contributed by atoms with Gasteiger partial charge in [0.25, 0.3) is 0 Å². The van der Waals surface area contributed by atoms with Crippen molar-refractivity contribution in [1.29, 1.82) is 0 Å². The largest absolute Gasteiger partial charge is 0.395 e. The van der Waals surface area contributed by atoms with E-state index in [0.29, 0.717) is 12.1 Å². The summed E-state index contributed by atoms with van der Waals surface area (Å²) in [4.78, 5) is 6.72. The molecule has 0 saturated heterocycles. The van der Waals surface area contributed by atoms with Crippen molar-refractivity contribution >= 4 is 0 Å². The quantitative estimate of drug-likeness (QED) is 0.795. The average molecular weight is 206 g/mol. The maximum atomic E-state index is 9.05. The van der Waals surface area contributed by atoms with Crippen molar-refractivity contribution < 1.29 is 5.11 Å². The Labute approximate surface area is 90.8 Å². The summed E-state index contributed by atoms with van der Waals surface area (Å²) in [5.74, 6) is 0. The number of pyridine rings is 1. The molecule has 82 valence electrons. The fraction of sp³-hybridized carbons (Fsp3) is 0.583. The molecular weight excluding hydrogens is 188 g/mol. The molecule has 1 aromatic rings. The highest BCUT2D eigenvalue weighted by atomic mass is 16.3. The Balaban J connectivity index is 2.07. The van der Waals surface area contributed by atoms with Gasteiger partial charge in [0.1, 0.15) is 0 Å². The number of aromatic nitrogens is 1. The van der Waals surface area contributed by atoms with Crippen molar-refractivity contribution in [2.45, 2.75) is 31.8 Å². The average Bonchev–Trinajstić information content (AvgIpc) is 3.10. The SMILES string of the molecule is CC(c1ccccn1)N(CCO)C1CC1.